The van der Waals surface area contributed by atoms with Crippen molar-refractivity contribution in [3.05, 3.63) is 54.1 Å². The molecule has 1 aromatic carbocycles. The van der Waals surface area contributed by atoms with Gasteiger partial charge in [-0.2, -0.15) is 0 Å². The molecule has 1 unspecified atom stereocenters. The van der Waals surface area contributed by atoms with Gasteiger partial charge >= 0.3 is 0 Å². The van der Waals surface area contributed by atoms with Crippen molar-refractivity contribution in [2.75, 3.05) is 53.6 Å². The van der Waals surface area contributed by atoms with Gasteiger partial charge in [0.1, 0.15) is 0 Å². The van der Waals surface area contributed by atoms with Crippen LogP contribution in [0.5, 0.6) is 0 Å². The third kappa shape index (κ3) is 4.28. The van der Waals surface area contributed by atoms with Crippen molar-refractivity contribution in [2.45, 2.75) is 19.3 Å². The van der Waals surface area contributed by atoms with E-state index in [1.165, 1.54) is 11.3 Å². The smallest absolute Gasteiger partial charge is 0.278 e. The first-order valence-corrected chi connectivity index (χ1v) is 11.6. The minimum absolute atomic E-state index is 0.0872. The quantitative estimate of drug-likeness (QED) is 0.574. The van der Waals surface area contributed by atoms with E-state index < -0.39 is 5.91 Å². The van der Waals surface area contributed by atoms with Crippen LogP contribution in [0.15, 0.2) is 42.9 Å². The topological polar surface area (TPSA) is 110 Å². The van der Waals surface area contributed by atoms with Gasteiger partial charge in [0.05, 0.1) is 42.7 Å². The number of nitrogens with one attached hydrogen (secondary N) is 1. The number of hydrogen-bond acceptors (Lipinski definition) is 8. The summed E-state index contributed by atoms with van der Waals surface area (Å²) in [6.45, 7) is 6.06. The zero-order valence-corrected chi connectivity index (χ0v) is 19.5. The summed E-state index contributed by atoms with van der Waals surface area (Å²) < 4.78 is 5.45. The minimum Gasteiger partial charge on any atom is -0.422 e. The van der Waals surface area contributed by atoms with E-state index in [9.17, 15) is 4.79 Å². The second-order valence-electron chi connectivity index (χ2n) is 8.82. The molecule has 174 valence electrons. The predicted molar refractivity (Wildman–Crippen MR) is 136 cm³/mol. The van der Waals surface area contributed by atoms with Crippen LogP contribution in [0, 0.1) is 0 Å². The molecule has 1 atom stereocenters. The molecule has 1 saturated heterocycles. The van der Waals surface area contributed by atoms with Crippen LogP contribution < -0.4 is 20.8 Å². The Morgan fingerprint density at radius 3 is 2.82 bits per heavy atom. The van der Waals surface area contributed by atoms with Gasteiger partial charge in [-0.15, -0.1) is 0 Å². The Hall–Kier alpha value is -3.66. The van der Waals surface area contributed by atoms with E-state index in [1.54, 1.807) is 18.6 Å². The summed E-state index contributed by atoms with van der Waals surface area (Å²) in [6.07, 6.45) is 6.07. The third-order valence-corrected chi connectivity index (χ3v) is 6.58. The Balaban J connectivity index is 1.43. The molecule has 5 rings (SSSR count). The highest BCUT2D eigenvalue weighted by molar-refractivity contribution is 6.18. The molecular weight excluding hydrogens is 429 g/mol. The number of anilines is 4. The Kier molecular flexibility index (Phi) is 6.06. The van der Waals surface area contributed by atoms with Crippen LogP contribution in [-0.4, -0.2) is 61.7 Å². The van der Waals surface area contributed by atoms with Crippen molar-refractivity contribution in [2.24, 2.45) is 0 Å². The van der Waals surface area contributed by atoms with Gasteiger partial charge in [0.25, 0.3) is 5.91 Å². The standard InChI is InChI=1S/C24H28BN7O2/c1-15-5-7-32(25)20-3-2-16(12-17(15)20)18-14-28-23(26)22(29-18)24(33)30-19-13-27-6-4-21(19)31-8-10-34-11-9-31/h2-4,6,12-15H,5,7-11,25H2,1H3,(H2,26,28)(H,30,33). The average molecular weight is 457 g/mol. The maximum Gasteiger partial charge on any atom is 0.278 e. The van der Waals surface area contributed by atoms with E-state index in [0.717, 1.165) is 37.3 Å². The van der Waals surface area contributed by atoms with Crippen molar-refractivity contribution in [1.29, 1.82) is 0 Å². The van der Waals surface area contributed by atoms with E-state index in [0.29, 0.717) is 30.5 Å². The first-order valence-electron chi connectivity index (χ1n) is 11.6. The number of nitrogen functional groups attached to an aromatic ring is 1. The van der Waals surface area contributed by atoms with E-state index in [2.05, 4.69) is 57.0 Å². The third-order valence-electron chi connectivity index (χ3n) is 6.58. The number of rotatable bonds is 4. The molecule has 0 bridgehead atoms. The van der Waals surface area contributed by atoms with Gasteiger partial charge in [-0.25, -0.2) is 9.97 Å². The fourth-order valence-corrected chi connectivity index (χ4v) is 4.57. The highest BCUT2D eigenvalue weighted by Gasteiger charge is 2.22. The van der Waals surface area contributed by atoms with Gasteiger partial charge in [-0.05, 0) is 36.1 Å². The van der Waals surface area contributed by atoms with Crippen molar-refractivity contribution < 1.29 is 9.53 Å². The maximum absolute atomic E-state index is 13.2. The van der Waals surface area contributed by atoms with Crippen LogP contribution in [0.4, 0.5) is 22.9 Å². The Bertz CT molecular complexity index is 1220. The Morgan fingerprint density at radius 2 is 2.00 bits per heavy atom. The number of amides is 1. The summed E-state index contributed by atoms with van der Waals surface area (Å²) in [6, 6.07) is 8.17. The number of benzene rings is 1. The number of ether oxygens (including phenoxy) is 1. The number of carbonyl (C=O) groups excluding carboxylic acids is 1. The number of pyridine rings is 1. The second kappa shape index (κ2) is 9.30. The fourth-order valence-electron chi connectivity index (χ4n) is 4.57. The molecule has 2 aliphatic rings. The van der Waals surface area contributed by atoms with Gasteiger partial charge in [0.2, 0.25) is 7.98 Å². The Morgan fingerprint density at radius 1 is 1.18 bits per heavy atom. The number of morpholine rings is 1. The number of fused-ring (bicyclic) bond motifs is 1. The summed E-state index contributed by atoms with van der Waals surface area (Å²) in [5, 5.41) is 2.93. The molecule has 0 saturated carbocycles. The van der Waals surface area contributed by atoms with E-state index in [4.69, 9.17) is 10.5 Å². The monoisotopic (exact) mass is 457 g/mol. The van der Waals surface area contributed by atoms with Gasteiger partial charge in [0, 0.05) is 37.1 Å². The van der Waals surface area contributed by atoms with Gasteiger partial charge in [0.15, 0.2) is 11.5 Å². The molecule has 2 aliphatic heterocycles. The number of nitrogens with two attached hydrogens (primary N) is 1. The molecule has 3 aromatic rings. The zero-order valence-electron chi connectivity index (χ0n) is 19.5. The van der Waals surface area contributed by atoms with Crippen LogP contribution in [0.25, 0.3) is 11.3 Å². The Labute approximate surface area is 199 Å². The summed E-state index contributed by atoms with van der Waals surface area (Å²) >= 11 is 0. The van der Waals surface area contributed by atoms with Crippen molar-refractivity contribution >= 4 is 36.8 Å². The average Bonchev–Trinajstić information content (AvgIpc) is 2.87. The van der Waals surface area contributed by atoms with Crippen LogP contribution in [0.2, 0.25) is 0 Å². The first kappa shape index (κ1) is 22.2. The molecule has 0 aliphatic carbocycles. The largest absolute Gasteiger partial charge is 0.422 e. The van der Waals surface area contributed by atoms with E-state index in [-0.39, 0.29) is 11.5 Å². The molecular formula is C24H28BN7O2. The molecule has 4 heterocycles. The lowest BCUT2D eigenvalue weighted by Gasteiger charge is -2.32. The molecule has 10 heteroatoms. The van der Waals surface area contributed by atoms with Crippen molar-refractivity contribution in [1.82, 2.24) is 15.0 Å². The van der Waals surface area contributed by atoms with Crippen LogP contribution >= 0.6 is 0 Å². The molecule has 0 spiro atoms. The predicted octanol–water partition coefficient (Wildman–Crippen LogP) is 2.07. The second-order valence-corrected chi connectivity index (χ2v) is 8.82. The summed E-state index contributed by atoms with van der Waals surface area (Å²) in [7, 11) is 2.11. The van der Waals surface area contributed by atoms with Crippen LogP contribution in [0.3, 0.4) is 0 Å². The highest BCUT2D eigenvalue weighted by Crippen LogP contribution is 2.36. The number of aromatic nitrogens is 3. The maximum atomic E-state index is 13.2. The molecule has 0 radical (unpaired) electrons. The SMILES string of the molecule is BN1CCC(C)c2cc(-c3cnc(N)c(C(=O)Nc4cnccc4N4CCOCC4)n3)ccc21. The molecule has 2 aromatic heterocycles. The van der Waals surface area contributed by atoms with Gasteiger partial charge < -0.3 is 25.5 Å². The van der Waals surface area contributed by atoms with Crippen molar-refractivity contribution in [3.63, 3.8) is 0 Å². The minimum atomic E-state index is -0.416. The molecule has 3 N–H and O–H groups in total. The van der Waals surface area contributed by atoms with Crippen molar-refractivity contribution in [3.8, 4) is 11.3 Å². The zero-order chi connectivity index (χ0) is 23.7. The van der Waals surface area contributed by atoms with Crippen LogP contribution in [-0.2, 0) is 4.74 Å². The fraction of sp³-hybridized carbons (Fsp3) is 0.333. The van der Waals surface area contributed by atoms with Gasteiger partial charge in [-0.1, -0.05) is 13.0 Å². The number of carbonyl (C=O) groups is 1. The first-order chi connectivity index (χ1) is 16.5. The molecule has 34 heavy (non-hydrogen) atoms. The number of hydrogen-bond donors (Lipinski definition) is 2. The van der Waals surface area contributed by atoms with E-state index in [1.807, 2.05) is 12.1 Å². The van der Waals surface area contributed by atoms with Gasteiger partial charge in [-0.3, -0.25) is 9.78 Å². The normalized spacial score (nSPS) is 17.9. The summed E-state index contributed by atoms with van der Waals surface area (Å²) in [4.78, 5) is 30.7. The number of nitrogens with zero attached hydrogens (tertiary/aromatic N) is 5. The molecule has 1 amide bonds. The lowest BCUT2D eigenvalue weighted by atomic mass is 9.88. The lowest BCUT2D eigenvalue weighted by molar-refractivity contribution is 0.102. The molecule has 9 nitrogen and oxygen atoms in total. The summed E-state index contributed by atoms with van der Waals surface area (Å²) in [5.41, 5.74) is 11.7. The highest BCUT2D eigenvalue weighted by atomic mass is 16.5. The van der Waals surface area contributed by atoms with E-state index >= 15 is 0 Å². The summed E-state index contributed by atoms with van der Waals surface area (Å²) in [5.74, 6) is 0.129. The molecule has 1 fully saturated rings. The lowest BCUT2D eigenvalue weighted by Crippen LogP contribution is -2.36. The van der Waals surface area contributed by atoms with Crippen LogP contribution in [0.1, 0.15) is 35.3 Å².